The molecule has 142 valence electrons. The van der Waals surface area contributed by atoms with E-state index in [4.69, 9.17) is 14.4 Å². The molecule has 0 atom stereocenters. The zero-order valence-corrected chi connectivity index (χ0v) is 16.2. The number of rotatable bonds is 10. The molecule has 0 spiro atoms. The maximum atomic E-state index is 11.4. The molecule has 7 heteroatoms. The predicted octanol–water partition coefficient (Wildman–Crippen LogP) is 3.70. The van der Waals surface area contributed by atoms with Gasteiger partial charge in [-0.3, -0.25) is 4.79 Å². The van der Waals surface area contributed by atoms with Gasteiger partial charge in [-0.2, -0.15) is 13.6 Å². The Kier molecular flexibility index (Phi) is 7.89. The first-order valence-electron chi connectivity index (χ1n) is 8.62. The molecule has 0 fully saturated rings. The molecule has 0 saturated carbocycles. The number of carboxylic acids is 1. The van der Waals surface area contributed by atoms with Gasteiger partial charge in [0.25, 0.3) is 0 Å². The predicted molar refractivity (Wildman–Crippen MR) is 98.2 cm³/mol. The molecular formula is C18H29NO5S. The lowest BCUT2D eigenvalue weighted by Gasteiger charge is -2.20. The largest absolute Gasteiger partial charge is 0.481 e. The second kappa shape index (κ2) is 9.20. The molecule has 0 aliphatic heterocycles. The lowest BCUT2D eigenvalue weighted by atomic mass is 9.90. The molecule has 1 aromatic rings. The van der Waals surface area contributed by atoms with E-state index in [0.717, 1.165) is 36.0 Å². The molecule has 1 rings (SSSR count). The van der Waals surface area contributed by atoms with E-state index in [1.807, 2.05) is 39.8 Å². The van der Waals surface area contributed by atoms with E-state index >= 15 is 0 Å². The van der Waals surface area contributed by atoms with Crippen molar-refractivity contribution in [1.82, 2.24) is 0 Å². The highest BCUT2D eigenvalue weighted by molar-refractivity contribution is 7.84. The Morgan fingerprint density at radius 3 is 2.00 bits per heavy atom. The number of nitrogens with two attached hydrogens (primary N) is 1. The minimum Gasteiger partial charge on any atom is -0.481 e. The fourth-order valence-electron chi connectivity index (χ4n) is 2.74. The van der Waals surface area contributed by atoms with Crippen LogP contribution in [-0.2, 0) is 21.5 Å². The van der Waals surface area contributed by atoms with Gasteiger partial charge in [-0.1, -0.05) is 46.2 Å². The first-order chi connectivity index (χ1) is 11.5. The molecule has 0 aliphatic carbocycles. The van der Waals surface area contributed by atoms with Crippen molar-refractivity contribution in [2.24, 2.45) is 5.14 Å². The van der Waals surface area contributed by atoms with Gasteiger partial charge >= 0.3 is 16.3 Å². The summed E-state index contributed by atoms with van der Waals surface area (Å²) in [6, 6.07) is 3.93. The minimum atomic E-state index is -4.09. The summed E-state index contributed by atoms with van der Waals surface area (Å²) in [5, 5.41) is 13.8. The second-order valence-corrected chi connectivity index (χ2v) is 8.10. The molecule has 0 aliphatic rings. The van der Waals surface area contributed by atoms with E-state index in [2.05, 4.69) is 0 Å². The van der Waals surface area contributed by atoms with Crippen LogP contribution in [0.15, 0.2) is 12.1 Å². The first kappa shape index (κ1) is 21.4. The summed E-state index contributed by atoms with van der Waals surface area (Å²) in [5.74, 6) is -0.266. The number of aryl methyl sites for hydroxylation is 1. The van der Waals surface area contributed by atoms with Crippen molar-refractivity contribution in [1.29, 1.82) is 0 Å². The van der Waals surface area contributed by atoms with E-state index in [1.165, 1.54) is 0 Å². The number of hydrogen-bond acceptors (Lipinski definition) is 4. The van der Waals surface area contributed by atoms with Gasteiger partial charge in [-0.05, 0) is 47.8 Å². The molecule has 3 N–H and O–H groups in total. The Morgan fingerprint density at radius 1 is 1.08 bits per heavy atom. The minimum absolute atomic E-state index is 0.0845. The van der Waals surface area contributed by atoms with Gasteiger partial charge in [0.1, 0.15) is 0 Å². The van der Waals surface area contributed by atoms with Crippen LogP contribution in [0.2, 0.25) is 0 Å². The Hall–Kier alpha value is -1.60. The van der Waals surface area contributed by atoms with E-state index < -0.39 is 16.3 Å². The van der Waals surface area contributed by atoms with E-state index in [9.17, 15) is 13.2 Å². The highest BCUT2D eigenvalue weighted by atomic mass is 32.2. The number of aliphatic carboxylic acids is 1. The maximum Gasteiger partial charge on any atom is 0.380 e. The molecule has 0 aromatic heterocycles. The summed E-state index contributed by atoms with van der Waals surface area (Å²) < 4.78 is 28.0. The third-order valence-corrected chi connectivity index (χ3v) is 4.40. The molecular weight excluding hydrogens is 342 g/mol. The summed E-state index contributed by atoms with van der Waals surface area (Å²) >= 11 is 0. The second-order valence-electron chi connectivity index (χ2n) is 6.94. The van der Waals surface area contributed by atoms with Gasteiger partial charge in [0.2, 0.25) is 0 Å². The van der Waals surface area contributed by atoms with Crippen LogP contribution in [0, 0.1) is 0 Å². The van der Waals surface area contributed by atoms with Gasteiger partial charge < -0.3 is 9.29 Å². The average Bonchev–Trinajstić information content (AvgIpc) is 2.45. The van der Waals surface area contributed by atoms with Crippen LogP contribution in [0.4, 0.5) is 0 Å². The number of hydrogen-bond donors (Lipinski definition) is 2. The molecule has 25 heavy (non-hydrogen) atoms. The zero-order valence-electron chi connectivity index (χ0n) is 15.4. The Balaban J connectivity index is 3.07. The topological polar surface area (TPSA) is 107 Å². The van der Waals surface area contributed by atoms with Crippen molar-refractivity contribution in [3.05, 3.63) is 28.8 Å². The normalized spacial score (nSPS) is 12.0. The molecule has 0 saturated heterocycles. The van der Waals surface area contributed by atoms with Gasteiger partial charge in [-0.15, -0.1) is 0 Å². The van der Waals surface area contributed by atoms with Gasteiger partial charge in [0.15, 0.2) is 5.75 Å². The van der Waals surface area contributed by atoms with E-state index in [-0.39, 0.29) is 18.3 Å². The average molecular weight is 371 g/mol. The summed E-state index contributed by atoms with van der Waals surface area (Å²) in [6.07, 6.45) is 3.40. The van der Waals surface area contributed by atoms with Crippen molar-refractivity contribution in [2.75, 3.05) is 0 Å². The zero-order chi connectivity index (χ0) is 19.2. The van der Waals surface area contributed by atoms with Crippen LogP contribution in [-0.4, -0.2) is 19.5 Å². The summed E-state index contributed by atoms with van der Waals surface area (Å²) in [6.45, 7) is 7.91. The third-order valence-electron chi connectivity index (χ3n) is 4.01. The van der Waals surface area contributed by atoms with Crippen LogP contribution in [0.5, 0.6) is 5.75 Å². The lowest BCUT2D eigenvalue weighted by molar-refractivity contribution is -0.137. The number of carbonyl (C=O) groups is 1. The van der Waals surface area contributed by atoms with Gasteiger partial charge in [0.05, 0.1) is 0 Å². The van der Waals surface area contributed by atoms with Crippen LogP contribution in [0.25, 0.3) is 0 Å². The Morgan fingerprint density at radius 2 is 1.60 bits per heavy atom. The van der Waals surface area contributed by atoms with Crippen molar-refractivity contribution in [2.45, 2.75) is 71.6 Å². The van der Waals surface area contributed by atoms with Gasteiger partial charge in [0, 0.05) is 6.42 Å². The summed E-state index contributed by atoms with van der Waals surface area (Å²) in [5.41, 5.74) is 2.74. The molecule has 0 radical (unpaired) electrons. The van der Waals surface area contributed by atoms with Crippen LogP contribution >= 0.6 is 0 Å². The molecule has 6 nitrogen and oxygen atoms in total. The van der Waals surface area contributed by atoms with Crippen molar-refractivity contribution in [3.63, 3.8) is 0 Å². The standard InChI is InChI=1S/C18H29NO5S/c1-12(2)15-10-14(8-6-5-7-9-17(20)21)11-16(13(3)4)18(15)24-25(19,22)23/h10-13H,5-9H2,1-4H3,(H,20,21)(H2,19,22,23). The van der Waals surface area contributed by atoms with Crippen molar-refractivity contribution in [3.8, 4) is 5.75 Å². The van der Waals surface area contributed by atoms with Crippen LogP contribution < -0.4 is 9.32 Å². The van der Waals surface area contributed by atoms with E-state index in [0.29, 0.717) is 12.2 Å². The monoisotopic (exact) mass is 371 g/mol. The van der Waals surface area contributed by atoms with Crippen LogP contribution in [0.1, 0.15) is 81.9 Å². The molecule has 0 heterocycles. The number of unbranched alkanes of at least 4 members (excludes halogenated alkanes) is 2. The molecule has 1 aromatic carbocycles. The molecule has 0 unspecified atom stereocenters. The highest BCUT2D eigenvalue weighted by Gasteiger charge is 2.20. The Labute approximate surface area is 150 Å². The fraction of sp³-hybridized carbons (Fsp3) is 0.611. The SMILES string of the molecule is CC(C)c1cc(CCCCCC(=O)O)cc(C(C)C)c1OS(N)(=O)=O. The quantitative estimate of drug-likeness (QED) is 0.610. The molecule has 0 amide bonds. The summed E-state index contributed by atoms with van der Waals surface area (Å²) in [7, 11) is -4.09. The third kappa shape index (κ3) is 7.44. The van der Waals surface area contributed by atoms with E-state index in [1.54, 1.807) is 0 Å². The Bertz CT molecular complexity index is 666. The van der Waals surface area contributed by atoms with Gasteiger partial charge in [-0.25, -0.2) is 0 Å². The first-order valence-corrected chi connectivity index (χ1v) is 10.1. The lowest BCUT2D eigenvalue weighted by Crippen LogP contribution is -2.21. The van der Waals surface area contributed by atoms with Crippen LogP contribution in [0.3, 0.4) is 0 Å². The maximum absolute atomic E-state index is 11.4. The summed E-state index contributed by atoms with van der Waals surface area (Å²) in [4.78, 5) is 10.6. The highest BCUT2D eigenvalue weighted by Crippen LogP contribution is 2.37. The molecule has 0 bridgehead atoms. The fourth-order valence-corrected chi connectivity index (χ4v) is 3.16. The number of carboxylic acid groups (broad SMARTS) is 1. The number of benzene rings is 1. The van der Waals surface area contributed by atoms with Crippen molar-refractivity contribution >= 4 is 16.3 Å². The smallest absolute Gasteiger partial charge is 0.380 e. The van der Waals surface area contributed by atoms with Crippen molar-refractivity contribution < 1.29 is 22.5 Å².